The first-order valence-electron chi connectivity index (χ1n) is 6.54. The zero-order chi connectivity index (χ0) is 13.4. The number of benzene rings is 1. The van der Waals surface area contributed by atoms with Gasteiger partial charge in [-0.15, -0.1) is 0 Å². The molecule has 1 aliphatic heterocycles. The smallest absolute Gasteiger partial charge is 0.322 e. The first-order valence-corrected chi connectivity index (χ1v) is 6.54. The number of rotatable bonds is 1. The molecule has 0 bridgehead atoms. The number of carbonyl (C=O) groups is 2. The van der Waals surface area contributed by atoms with Crippen LogP contribution >= 0.6 is 0 Å². The lowest BCUT2D eigenvalue weighted by Gasteiger charge is -2.37. The summed E-state index contributed by atoms with van der Waals surface area (Å²) in [6.45, 7) is 0. The quantitative estimate of drug-likeness (QED) is 0.838. The molecule has 98 valence electrons. The van der Waals surface area contributed by atoms with Crippen LogP contribution in [0.2, 0.25) is 0 Å². The van der Waals surface area contributed by atoms with Crippen molar-refractivity contribution in [3.8, 4) is 0 Å². The van der Waals surface area contributed by atoms with Crippen LogP contribution in [0.15, 0.2) is 41.6 Å². The Hall–Kier alpha value is -2.10. The molecule has 0 fully saturated rings. The van der Waals surface area contributed by atoms with Gasteiger partial charge in [-0.2, -0.15) is 0 Å². The lowest BCUT2D eigenvalue weighted by Crippen LogP contribution is -2.47. The van der Waals surface area contributed by atoms with Gasteiger partial charge in [-0.3, -0.25) is 4.79 Å². The van der Waals surface area contributed by atoms with E-state index in [0.29, 0.717) is 6.42 Å². The molecule has 1 aromatic rings. The summed E-state index contributed by atoms with van der Waals surface area (Å²) >= 11 is 0. The number of allylic oxidation sites excluding steroid dienone is 1. The van der Waals surface area contributed by atoms with Crippen LogP contribution in [0.4, 0.5) is 4.79 Å². The Labute approximate surface area is 112 Å². The first-order chi connectivity index (χ1) is 9.18. The molecule has 0 spiro atoms. The van der Waals surface area contributed by atoms with Crippen molar-refractivity contribution in [2.75, 3.05) is 7.05 Å². The van der Waals surface area contributed by atoms with Crippen molar-refractivity contribution in [2.45, 2.75) is 25.3 Å². The summed E-state index contributed by atoms with van der Waals surface area (Å²) < 4.78 is 0. The molecule has 3 rings (SSSR count). The second-order valence-electron chi connectivity index (χ2n) is 4.99. The first kappa shape index (κ1) is 12.0. The van der Waals surface area contributed by atoms with Gasteiger partial charge in [-0.1, -0.05) is 30.3 Å². The van der Waals surface area contributed by atoms with E-state index in [1.807, 2.05) is 30.3 Å². The molecule has 19 heavy (non-hydrogen) atoms. The normalized spacial score (nSPS) is 23.2. The van der Waals surface area contributed by atoms with Crippen molar-refractivity contribution >= 4 is 11.8 Å². The number of nitrogens with zero attached hydrogens (tertiary/aromatic N) is 1. The van der Waals surface area contributed by atoms with Gasteiger partial charge in [0, 0.05) is 24.7 Å². The van der Waals surface area contributed by atoms with Crippen LogP contribution in [0.1, 0.15) is 30.9 Å². The Kier molecular flexibility index (Phi) is 2.85. The molecule has 0 radical (unpaired) electrons. The third-order valence-electron chi connectivity index (χ3n) is 3.83. The van der Waals surface area contributed by atoms with Crippen LogP contribution in [-0.4, -0.2) is 23.8 Å². The van der Waals surface area contributed by atoms with Crippen molar-refractivity contribution in [1.29, 1.82) is 0 Å². The van der Waals surface area contributed by atoms with E-state index in [-0.39, 0.29) is 17.9 Å². The number of urea groups is 1. The van der Waals surface area contributed by atoms with Gasteiger partial charge in [0.15, 0.2) is 5.78 Å². The maximum atomic E-state index is 12.2. The van der Waals surface area contributed by atoms with Gasteiger partial charge in [0.25, 0.3) is 0 Å². The summed E-state index contributed by atoms with van der Waals surface area (Å²) in [6.07, 6.45) is 2.21. The number of Topliss-reactive ketones (excluding diaryl/α,β-unsaturated/α-hetero) is 1. The van der Waals surface area contributed by atoms with E-state index in [1.165, 1.54) is 0 Å². The molecule has 2 aliphatic rings. The molecule has 2 amide bonds. The summed E-state index contributed by atoms with van der Waals surface area (Å²) in [5.74, 6) is 0.155. The fraction of sp³-hybridized carbons (Fsp3) is 0.333. The van der Waals surface area contributed by atoms with Crippen LogP contribution in [-0.2, 0) is 4.79 Å². The van der Waals surface area contributed by atoms with Gasteiger partial charge < -0.3 is 10.2 Å². The van der Waals surface area contributed by atoms with Crippen LogP contribution in [0.3, 0.4) is 0 Å². The molecule has 1 aromatic carbocycles. The predicted octanol–water partition coefficient (Wildman–Crippen LogP) is 2.39. The molecular weight excluding hydrogens is 240 g/mol. The predicted molar refractivity (Wildman–Crippen MR) is 71.4 cm³/mol. The van der Waals surface area contributed by atoms with Gasteiger partial charge >= 0.3 is 6.03 Å². The van der Waals surface area contributed by atoms with E-state index in [0.717, 1.165) is 29.7 Å². The fourth-order valence-electron chi connectivity index (χ4n) is 2.83. The Morgan fingerprint density at radius 1 is 1.16 bits per heavy atom. The third kappa shape index (κ3) is 1.93. The number of hydrogen-bond donors (Lipinski definition) is 1. The van der Waals surface area contributed by atoms with Gasteiger partial charge in [0.2, 0.25) is 0 Å². The van der Waals surface area contributed by atoms with Gasteiger partial charge in [0.05, 0.1) is 6.04 Å². The van der Waals surface area contributed by atoms with E-state index in [4.69, 9.17) is 0 Å². The minimum absolute atomic E-state index is 0.137. The molecule has 1 aliphatic carbocycles. The molecule has 0 saturated heterocycles. The van der Waals surface area contributed by atoms with E-state index >= 15 is 0 Å². The monoisotopic (exact) mass is 256 g/mol. The van der Waals surface area contributed by atoms with Gasteiger partial charge in [-0.25, -0.2) is 4.79 Å². The Bertz CT molecular complexity index is 563. The van der Waals surface area contributed by atoms with E-state index in [9.17, 15) is 9.59 Å². The zero-order valence-corrected chi connectivity index (χ0v) is 10.8. The van der Waals surface area contributed by atoms with Gasteiger partial charge in [-0.05, 0) is 18.4 Å². The summed E-state index contributed by atoms with van der Waals surface area (Å²) in [7, 11) is 1.73. The highest BCUT2D eigenvalue weighted by Gasteiger charge is 2.36. The highest BCUT2D eigenvalue weighted by atomic mass is 16.2. The van der Waals surface area contributed by atoms with E-state index in [2.05, 4.69) is 5.32 Å². The summed E-state index contributed by atoms with van der Waals surface area (Å²) in [5.41, 5.74) is 2.61. The molecule has 0 unspecified atom stereocenters. The number of ketones is 1. The maximum Gasteiger partial charge on any atom is 0.322 e. The standard InChI is InChI=1S/C15H16N2O2/c1-17-11-8-5-9-12(18)13(11)14(16-15(17)19)10-6-3-2-4-7-10/h2-4,6-7,14H,5,8-9H2,1H3,(H,16,19)/t14-/m0/s1. The Balaban J connectivity index is 2.11. The molecule has 1 heterocycles. The van der Waals surface area contributed by atoms with Crippen molar-refractivity contribution < 1.29 is 9.59 Å². The maximum absolute atomic E-state index is 12.2. The van der Waals surface area contributed by atoms with Crippen LogP contribution in [0.25, 0.3) is 0 Å². The van der Waals surface area contributed by atoms with Crippen molar-refractivity contribution in [3.05, 3.63) is 47.2 Å². The Morgan fingerprint density at radius 3 is 2.63 bits per heavy atom. The topological polar surface area (TPSA) is 49.4 Å². The average Bonchev–Trinajstić information content (AvgIpc) is 2.44. The number of hydrogen-bond acceptors (Lipinski definition) is 2. The zero-order valence-electron chi connectivity index (χ0n) is 10.8. The second kappa shape index (κ2) is 4.53. The molecule has 1 atom stereocenters. The second-order valence-corrected chi connectivity index (χ2v) is 4.99. The van der Waals surface area contributed by atoms with Crippen molar-refractivity contribution in [3.63, 3.8) is 0 Å². The molecule has 0 saturated carbocycles. The summed E-state index contributed by atoms with van der Waals surface area (Å²) in [6, 6.07) is 9.24. The highest BCUT2D eigenvalue weighted by Crippen LogP contribution is 2.36. The SMILES string of the molecule is CN1C(=O)N[C@@H](c2ccccc2)C2=C1CCCC2=O. The highest BCUT2D eigenvalue weighted by molar-refractivity contribution is 6.00. The van der Waals surface area contributed by atoms with Crippen molar-refractivity contribution in [1.82, 2.24) is 10.2 Å². The van der Waals surface area contributed by atoms with Crippen LogP contribution in [0, 0.1) is 0 Å². The van der Waals surface area contributed by atoms with E-state index in [1.54, 1.807) is 11.9 Å². The molecule has 4 heteroatoms. The number of amides is 2. The fourth-order valence-corrected chi connectivity index (χ4v) is 2.83. The number of carbonyl (C=O) groups excluding carboxylic acids is 2. The Morgan fingerprint density at radius 2 is 1.89 bits per heavy atom. The third-order valence-corrected chi connectivity index (χ3v) is 3.83. The lowest BCUT2D eigenvalue weighted by atomic mass is 9.85. The van der Waals surface area contributed by atoms with E-state index < -0.39 is 0 Å². The average molecular weight is 256 g/mol. The summed E-state index contributed by atoms with van der Waals surface area (Å²) in [5, 5.41) is 2.92. The molecule has 0 aromatic heterocycles. The molecule has 4 nitrogen and oxygen atoms in total. The van der Waals surface area contributed by atoms with Crippen molar-refractivity contribution in [2.24, 2.45) is 0 Å². The van der Waals surface area contributed by atoms with Gasteiger partial charge in [0.1, 0.15) is 0 Å². The molecular formula is C15H16N2O2. The minimum atomic E-state index is -0.298. The largest absolute Gasteiger partial charge is 0.327 e. The lowest BCUT2D eigenvalue weighted by molar-refractivity contribution is -0.116. The van der Waals surface area contributed by atoms with Crippen LogP contribution in [0.5, 0.6) is 0 Å². The number of nitrogens with one attached hydrogen (secondary N) is 1. The minimum Gasteiger partial charge on any atom is -0.327 e. The van der Waals surface area contributed by atoms with Crippen LogP contribution < -0.4 is 5.32 Å². The molecule has 1 N–H and O–H groups in total. The summed E-state index contributed by atoms with van der Waals surface area (Å²) in [4.78, 5) is 25.8.